The number of aliphatic hydroxyl groups excluding tert-OH is 1. The second-order valence-electron chi connectivity index (χ2n) is 4.09. The van der Waals surface area contributed by atoms with Crippen LogP contribution in [0.2, 0.25) is 5.02 Å². The van der Waals surface area contributed by atoms with Crippen LogP contribution in [-0.4, -0.2) is 24.3 Å². The van der Waals surface area contributed by atoms with Crippen molar-refractivity contribution in [1.29, 1.82) is 0 Å². The smallest absolute Gasteiger partial charge is 0.0606 e. The van der Waals surface area contributed by atoms with E-state index in [-0.39, 0.29) is 6.61 Å². The van der Waals surface area contributed by atoms with Gasteiger partial charge in [0.25, 0.3) is 0 Å². The van der Waals surface area contributed by atoms with Crippen LogP contribution < -0.4 is 10.6 Å². The molecule has 0 heterocycles. The van der Waals surface area contributed by atoms with E-state index in [1.165, 1.54) is 0 Å². The normalized spacial score (nSPS) is 10.9. The van der Waals surface area contributed by atoms with Crippen LogP contribution >= 0.6 is 11.6 Å². The Morgan fingerprint density at radius 2 is 2.00 bits per heavy atom. The van der Waals surface area contributed by atoms with Crippen LogP contribution in [0.3, 0.4) is 0 Å². The lowest BCUT2D eigenvalue weighted by Crippen LogP contribution is -2.37. The fourth-order valence-electron chi connectivity index (χ4n) is 2.12. The molecule has 0 spiro atoms. The van der Waals surface area contributed by atoms with Crippen molar-refractivity contribution in [2.75, 3.05) is 23.8 Å². The highest BCUT2D eigenvalue weighted by atomic mass is 35.5. The van der Waals surface area contributed by atoms with Crippen LogP contribution in [0.5, 0.6) is 0 Å². The molecule has 1 aromatic rings. The lowest BCUT2D eigenvalue weighted by atomic mass is 10.1. The van der Waals surface area contributed by atoms with Crippen molar-refractivity contribution in [1.82, 2.24) is 0 Å². The van der Waals surface area contributed by atoms with E-state index in [9.17, 15) is 5.11 Å². The molecule has 0 unspecified atom stereocenters. The van der Waals surface area contributed by atoms with Gasteiger partial charge in [-0.05, 0) is 31.0 Å². The molecule has 0 bridgehead atoms. The SMILES string of the molecule is CCC(CC)N(CCO)c1ccc(Cl)cc1N. The Labute approximate surface area is 108 Å². The van der Waals surface area contributed by atoms with E-state index in [1.54, 1.807) is 6.07 Å². The third kappa shape index (κ3) is 3.51. The highest BCUT2D eigenvalue weighted by molar-refractivity contribution is 6.31. The van der Waals surface area contributed by atoms with E-state index in [2.05, 4.69) is 18.7 Å². The average Bonchev–Trinajstić information content (AvgIpc) is 2.30. The number of halogens is 1. The van der Waals surface area contributed by atoms with Crippen molar-refractivity contribution in [2.24, 2.45) is 0 Å². The molecule has 3 nitrogen and oxygen atoms in total. The van der Waals surface area contributed by atoms with Crippen LogP contribution in [0.4, 0.5) is 11.4 Å². The molecule has 0 aromatic heterocycles. The van der Waals surface area contributed by atoms with Crippen molar-refractivity contribution < 1.29 is 5.11 Å². The fraction of sp³-hybridized carbons (Fsp3) is 0.538. The van der Waals surface area contributed by atoms with Crippen molar-refractivity contribution in [3.05, 3.63) is 23.2 Å². The van der Waals surface area contributed by atoms with Gasteiger partial charge in [-0.2, -0.15) is 0 Å². The van der Waals surface area contributed by atoms with Crippen LogP contribution in [0.15, 0.2) is 18.2 Å². The van der Waals surface area contributed by atoms with Gasteiger partial charge in [-0.15, -0.1) is 0 Å². The lowest BCUT2D eigenvalue weighted by molar-refractivity contribution is 0.296. The number of benzene rings is 1. The molecule has 1 rings (SSSR count). The number of rotatable bonds is 6. The maximum Gasteiger partial charge on any atom is 0.0606 e. The Hall–Kier alpha value is -0.930. The van der Waals surface area contributed by atoms with Gasteiger partial charge in [0.2, 0.25) is 0 Å². The fourth-order valence-corrected chi connectivity index (χ4v) is 2.30. The van der Waals surface area contributed by atoms with Gasteiger partial charge >= 0.3 is 0 Å². The van der Waals surface area contributed by atoms with Gasteiger partial charge in [0.1, 0.15) is 0 Å². The number of nitrogen functional groups attached to an aromatic ring is 1. The standard InChI is InChI=1S/C13H21ClN2O/c1-3-11(4-2)16(7-8-17)13-6-5-10(14)9-12(13)15/h5-6,9,11,17H,3-4,7-8,15H2,1-2H3. The molecule has 0 radical (unpaired) electrons. The molecule has 0 fully saturated rings. The third-order valence-electron chi connectivity index (χ3n) is 3.02. The summed E-state index contributed by atoms with van der Waals surface area (Å²) in [6.45, 7) is 5.01. The summed E-state index contributed by atoms with van der Waals surface area (Å²) in [5.41, 5.74) is 7.61. The largest absolute Gasteiger partial charge is 0.397 e. The first-order valence-corrected chi connectivity index (χ1v) is 6.44. The first-order chi connectivity index (χ1) is 8.13. The van der Waals surface area contributed by atoms with E-state index in [0.717, 1.165) is 18.5 Å². The Morgan fingerprint density at radius 3 is 2.47 bits per heavy atom. The molecule has 1 aromatic carbocycles. The zero-order valence-electron chi connectivity index (χ0n) is 10.5. The maximum atomic E-state index is 9.17. The van der Waals surface area contributed by atoms with Crippen molar-refractivity contribution in [3.63, 3.8) is 0 Å². The minimum Gasteiger partial charge on any atom is -0.397 e. The van der Waals surface area contributed by atoms with E-state index >= 15 is 0 Å². The van der Waals surface area contributed by atoms with Crippen LogP contribution in [0.1, 0.15) is 26.7 Å². The van der Waals surface area contributed by atoms with Gasteiger partial charge in [0, 0.05) is 17.6 Å². The molecule has 0 aliphatic rings. The van der Waals surface area contributed by atoms with E-state index < -0.39 is 0 Å². The average molecular weight is 257 g/mol. The first-order valence-electron chi connectivity index (χ1n) is 6.06. The van der Waals surface area contributed by atoms with Crippen molar-refractivity contribution in [2.45, 2.75) is 32.7 Å². The van der Waals surface area contributed by atoms with E-state index in [4.69, 9.17) is 17.3 Å². The summed E-state index contributed by atoms with van der Waals surface area (Å²) in [5.74, 6) is 0. The summed E-state index contributed by atoms with van der Waals surface area (Å²) < 4.78 is 0. The topological polar surface area (TPSA) is 49.5 Å². The second-order valence-corrected chi connectivity index (χ2v) is 4.53. The Balaban J connectivity index is 3.03. The van der Waals surface area contributed by atoms with Gasteiger partial charge in [-0.3, -0.25) is 0 Å². The molecule has 96 valence electrons. The third-order valence-corrected chi connectivity index (χ3v) is 3.26. The summed E-state index contributed by atoms with van der Waals surface area (Å²) in [5, 5.41) is 9.81. The predicted octanol–water partition coefficient (Wildman–Crippen LogP) is 2.91. The summed E-state index contributed by atoms with van der Waals surface area (Å²) in [7, 11) is 0. The van der Waals surface area contributed by atoms with Gasteiger partial charge < -0.3 is 15.7 Å². The molecule has 3 N–H and O–H groups in total. The van der Waals surface area contributed by atoms with Crippen LogP contribution in [0, 0.1) is 0 Å². The Kier molecular flexibility index (Phi) is 5.59. The Bertz CT molecular complexity index is 353. The molecule has 0 atom stereocenters. The number of nitrogens with two attached hydrogens (primary N) is 1. The van der Waals surface area contributed by atoms with Crippen LogP contribution in [-0.2, 0) is 0 Å². The maximum absolute atomic E-state index is 9.17. The van der Waals surface area contributed by atoms with Crippen molar-refractivity contribution >= 4 is 23.0 Å². The molecule has 0 amide bonds. The molecule has 0 aliphatic heterocycles. The predicted molar refractivity (Wildman–Crippen MR) is 74.7 cm³/mol. The van der Waals surface area contributed by atoms with E-state index in [0.29, 0.717) is 23.3 Å². The van der Waals surface area contributed by atoms with E-state index in [1.807, 2.05) is 12.1 Å². The van der Waals surface area contributed by atoms with Gasteiger partial charge in [0.15, 0.2) is 0 Å². The number of aliphatic hydroxyl groups is 1. The van der Waals surface area contributed by atoms with Crippen molar-refractivity contribution in [3.8, 4) is 0 Å². The lowest BCUT2D eigenvalue weighted by Gasteiger charge is -2.33. The zero-order chi connectivity index (χ0) is 12.8. The van der Waals surface area contributed by atoms with Crippen LogP contribution in [0.25, 0.3) is 0 Å². The summed E-state index contributed by atoms with van der Waals surface area (Å²) >= 11 is 5.90. The number of nitrogens with zero attached hydrogens (tertiary/aromatic N) is 1. The first kappa shape index (κ1) is 14.1. The molecule has 4 heteroatoms. The molecular weight excluding hydrogens is 236 g/mol. The molecule has 17 heavy (non-hydrogen) atoms. The van der Waals surface area contributed by atoms with Gasteiger partial charge in [0.05, 0.1) is 18.0 Å². The molecule has 0 aliphatic carbocycles. The minimum atomic E-state index is 0.124. The summed E-state index contributed by atoms with van der Waals surface area (Å²) in [6, 6.07) is 5.90. The number of hydrogen-bond acceptors (Lipinski definition) is 3. The van der Waals surface area contributed by atoms with Gasteiger partial charge in [-0.25, -0.2) is 0 Å². The molecule has 0 saturated heterocycles. The monoisotopic (exact) mass is 256 g/mol. The summed E-state index contributed by atoms with van der Waals surface area (Å²) in [6.07, 6.45) is 2.05. The second kappa shape index (κ2) is 6.72. The van der Waals surface area contributed by atoms with Gasteiger partial charge in [-0.1, -0.05) is 25.4 Å². The minimum absolute atomic E-state index is 0.124. The number of anilines is 2. The highest BCUT2D eigenvalue weighted by Gasteiger charge is 2.17. The zero-order valence-corrected chi connectivity index (χ0v) is 11.2. The Morgan fingerprint density at radius 1 is 1.35 bits per heavy atom. The molecular formula is C13H21ClN2O. The highest BCUT2D eigenvalue weighted by Crippen LogP contribution is 2.29. The number of hydrogen-bond donors (Lipinski definition) is 2. The quantitative estimate of drug-likeness (QED) is 0.770. The molecule has 0 saturated carbocycles. The summed E-state index contributed by atoms with van der Waals surface area (Å²) in [4.78, 5) is 2.16.